The number of nitrogens with one attached hydrogen (secondary N) is 1. The first-order valence-electron chi connectivity index (χ1n) is 8.02. The van der Waals surface area contributed by atoms with Gasteiger partial charge in [-0.25, -0.2) is 0 Å². The minimum absolute atomic E-state index is 0.236. The molecule has 19 heavy (non-hydrogen) atoms. The highest BCUT2D eigenvalue weighted by Gasteiger charge is 2.24. The number of hydrogen-bond acceptors (Lipinski definition) is 2. The van der Waals surface area contributed by atoms with Crippen molar-refractivity contribution in [2.24, 2.45) is 23.0 Å². The summed E-state index contributed by atoms with van der Waals surface area (Å²) in [7, 11) is 0. The minimum Gasteiger partial charge on any atom is -0.330 e. The Bertz CT molecular complexity index is 226. The fourth-order valence-corrected chi connectivity index (χ4v) is 3.20. The van der Waals surface area contributed by atoms with Crippen molar-refractivity contribution in [2.45, 2.75) is 79.7 Å². The molecule has 0 radical (unpaired) electrons. The van der Waals surface area contributed by atoms with Gasteiger partial charge < -0.3 is 11.1 Å². The summed E-state index contributed by atoms with van der Waals surface area (Å²) in [5, 5.41) is 3.72. The smallest absolute Gasteiger partial charge is 0.0130 e. The second kappa shape index (κ2) is 8.26. The highest BCUT2D eigenvalue weighted by molar-refractivity contribution is 4.83. The van der Waals surface area contributed by atoms with Crippen LogP contribution in [0.1, 0.15) is 74.1 Å². The highest BCUT2D eigenvalue weighted by Crippen LogP contribution is 2.27. The van der Waals surface area contributed by atoms with Crippen molar-refractivity contribution < 1.29 is 0 Å². The third-order valence-electron chi connectivity index (χ3n) is 3.81. The summed E-state index contributed by atoms with van der Waals surface area (Å²) in [5.74, 6) is 1.55. The van der Waals surface area contributed by atoms with Crippen molar-refractivity contribution in [1.82, 2.24) is 5.32 Å². The molecule has 1 unspecified atom stereocenters. The zero-order chi connectivity index (χ0) is 15.1. The Hall–Kier alpha value is -0.0800. The fraction of sp³-hybridized carbons (Fsp3) is 1.00. The Kier molecular flexibility index (Phi) is 8.23. The summed E-state index contributed by atoms with van der Waals surface area (Å²) in [5.41, 5.74) is 6.32. The standard InChI is InChI=1S/C17H38N2/c1-14(2)15(10-11-18)9-8-12-19-17(6,7)13-16(3,4)5/h14-15,19H,8-13,18H2,1-7H3. The topological polar surface area (TPSA) is 38.0 Å². The van der Waals surface area contributed by atoms with E-state index in [9.17, 15) is 0 Å². The van der Waals surface area contributed by atoms with Crippen LogP contribution >= 0.6 is 0 Å². The molecular formula is C17H38N2. The van der Waals surface area contributed by atoms with E-state index in [0.29, 0.717) is 5.41 Å². The molecule has 2 heteroatoms. The van der Waals surface area contributed by atoms with Crippen LogP contribution in [-0.4, -0.2) is 18.6 Å². The molecule has 1 atom stereocenters. The zero-order valence-corrected chi connectivity index (χ0v) is 14.5. The maximum Gasteiger partial charge on any atom is 0.0130 e. The average molecular weight is 271 g/mol. The molecule has 0 bridgehead atoms. The second-order valence-corrected chi connectivity index (χ2v) is 8.27. The summed E-state index contributed by atoms with van der Waals surface area (Å²) in [4.78, 5) is 0. The number of hydrogen-bond donors (Lipinski definition) is 2. The molecule has 0 rings (SSSR count). The molecule has 0 spiro atoms. The van der Waals surface area contributed by atoms with Gasteiger partial charge in [0.1, 0.15) is 0 Å². The Morgan fingerprint density at radius 3 is 2.00 bits per heavy atom. The van der Waals surface area contributed by atoms with E-state index in [0.717, 1.165) is 24.9 Å². The van der Waals surface area contributed by atoms with E-state index in [-0.39, 0.29) is 5.54 Å². The third-order valence-corrected chi connectivity index (χ3v) is 3.81. The van der Waals surface area contributed by atoms with Crippen LogP contribution < -0.4 is 11.1 Å². The Morgan fingerprint density at radius 1 is 1.00 bits per heavy atom. The first-order valence-corrected chi connectivity index (χ1v) is 8.02. The van der Waals surface area contributed by atoms with Crippen LogP contribution in [-0.2, 0) is 0 Å². The molecule has 0 fully saturated rings. The van der Waals surface area contributed by atoms with Gasteiger partial charge >= 0.3 is 0 Å². The molecule has 0 heterocycles. The molecule has 0 amide bonds. The first-order chi connectivity index (χ1) is 8.57. The quantitative estimate of drug-likeness (QED) is 0.616. The van der Waals surface area contributed by atoms with Crippen LogP contribution in [0, 0.1) is 17.3 Å². The third kappa shape index (κ3) is 10.4. The van der Waals surface area contributed by atoms with Gasteiger partial charge in [-0.15, -0.1) is 0 Å². The van der Waals surface area contributed by atoms with E-state index in [1.165, 1.54) is 25.7 Å². The van der Waals surface area contributed by atoms with Gasteiger partial charge in [-0.1, -0.05) is 34.6 Å². The molecule has 0 aliphatic carbocycles. The maximum absolute atomic E-state index is 5.69. The molecule has 2 nitrogen and oxygen atoms in total. The molecule has 0 aliphatic heterocycles. The number of rotatable bonds is 9. The molecule has 0 aromatic carbocycles. The first kappa shape index (κ1) is 18.9. The highest BCUT2D eigenvalue weighted by atomic mass is 14.9. The van der Waals surface area contributed by atoms with Crippen LogP contribution in [0.15, 0.2) is 0 Å². The van der Waals surface area contributed by atoms with Crippen molar-refractivity contribution in [3.05, 3.63) is 0 Å². The zero-order valence-electron chi connectivity index (χ0n) is 14.5. The van der Waals surface area contributed by atoms with Crippen LogP contribution in [0.4, 0.5) is 0 Å². The Balaban J connectivity index is 3.95. The monoisotopic (exact) mass is 270 g/mol. The SMILES string of the molecule is CC(C)C(CCN)CCCNC(C)(C)CC(C)(C)C. The van der Waals surface area contributed by atoms with Gasteiger partial charge in [-0.3, -0.25) is 0 Å². The largest absolute Gasteiger partial charge is 0.330 e. The Labute approximate surface area is 121 Å². The second-order valence-electron chi connectivity index (χ2n) is 8.27. The maximum atomic E-state index is 5.69. The van der Waals surface area contributed by atoms with Crippen LogP contribution in [0.3, 0.4) is 0 Å². The van der Waals surface area contributed by atoms with E-state index in [4.69, 9.17) is 5.73 Å². The van der Waals surface area contributed by atoms with E-state index in [1.807, 2.05) is 0 Å². The van der Waals surface area contributed by atoms with Crippen LogP contribution in [0.25, 0.3) is 0 Å². The Morgan fingerprint density at radius 2 is 1.58 bits per heavy atom. The molecule has 3 N–H and O–H groups in total. The lowest BCUT2D eigenvalue weighted by atomic mass is 9.81. The number of nitrogens with two attached hydrogens (primary N) is 1. The molecule has 0 aromatic heterocycles. The van der Waals surface area contributed by atoms with Crippen LogP contribution in [0.5, 0.6) is 0 Å². The molecule has 0 aromatic rings. The lowest BCUT2D eigenvalue weighted by molar-refractivity contribution is 0.237. The summed E-state index contributed by atoms with van der Waals surface area (Å²) in [6.45, 7) is 18.2. The average Bonchev–Trinajstić information content (AvgIpc) is 2.18. The van der Waals surface area contributed by atoms with E-state index in [1.54, 1.807) is 0 Å². The summed E-state index contributed by atoms with van der Waals surface area (Å²) in [6.07, 6.45) is 4.93. The predicted molar refractivity (Wildman–Crippen MR) is 87.4 cm³/mol. The fourth-order valence-electron chi connectivity index (χ4n) is 3.20. The van der Waals surface area contributed by atoms with Gasteiger partial charge in [0.05, 0.1) is 0 Å². The molecule has 116 valence electrons. The van der Waals surface area contributed by atoms with Gasteiger partial charge in [-0.05, 0) is 69.9 Å². The van der Waals surface area contributed by atoms with Crippen molar-refractivity contribution in [1.29, 1.82) is 0 Å². The van der Waals surface area contributed by atoms with Crippen molar-refractivity contribution in [3.8, 4) is 0 Å². The van der Waals surface area contributed by atoms with E-state index < -0.39 is 0 Å². The summed E-state index contributed by atoms with van der Waals surface area (Å²) >= 11 is 0. The van der Waals surface area contributed by atoms with Gasteiger partial charge in [-0.2, -0.15) is 0 Å². The molecular weight excluding hydrogens is 232 g/mol. The lowest BCUT2D eigenvalue weighted by Crippen LogP contribution is -2.42. The van der Waals surface area contributed by atoms with Gasteiger partial charge in [0.15, 0.2) is 0 Å². The molecule has 0 aliphatic rings. The summed E-state index contributed by atoms with van der Waals surface area (Å²) < 4.78 is 0. The lowest BCUT2D eigenvalue weighted by Gasteiger charge is -2.33. The van der Waals surface area contributed by atoms with Crippen molar-refractivity contribution >= 4 is 0 Å². The normalized spacial score (nSPS) is 15.0. The van der Waals surface area contributed by atoms with Crippen LogP contribution in [0.2, 0.25) is 0 Å². The van der Waals surface area contributed by atoms with E-state index >= 15 is 0 Å². The molecule has 0 saturated carbocycles. The van der Waals surface area contributed by atoms with Crippen molar-refractivity contribution in [3.63, 3.8) is 0 Å². The van der Waals surface area contributed by atoms with Crippen molar-refractivity contribution in [2.75, 3.05) is 13.1 Å². The van der Waals surface area contributed by atoms with E-state index in [2.05, 4.69) is 53.8 Å². The minimum atomic E-state index is 0.236. The van der Waals surface area contributed by atoms with Gasteiger partial charge in [0.2, 0.25) is 0 Å². The summed E-state index contributed by atoms with van der Waals surface area (Å²) in [6, 6.07) is 0. The van der Waals surface area contributed by atoms with Gasteiger partial charge in [0.25, 0.3) is 0 Å². The predicted octanol–water partition coefficient (Wildman–Crippen LogP) is 4.19. The van der Waals surface area contributed by atoms with Gasteiger partial charge in [0, 0.05) is 5.54 Å². The molecule has 0 saturated heterocycles.